The Hall–Kier alpha value is -1.06. The Morgan fingerprint density at radius 2 is 2.11 bits per heavy atom. The summed E-state index contributed by atoms with van der Waals surface area (Å²) in [5, 5.41) is 0. The van der Waals surface area contributed by atoms with Crippen LogP contribution in [0.25, 0.3) is 0 Å². The van der Waals surface area contributed by atoms with Crippen molar-refractivity contribution in [3.05, 3.63) is 29.3 Å². The van der Waals surface area contributed by atoms with Gasteiger partial charge in [-0.05, 0) is 55.3 Å². The van der Waals surface area contributed by atoms with Gasteiger partial charge in [0.25, 0.3) is 0 Å². The van der Waals surface area contributed by atoms with E-state index in [0.717, 1.165) is 37.7 Å². The second-order valence-electron chi connectivity index (χ2n) is 4.95. The van der Waals surface area contributed by atoms with E-state index >= 15 is 0 Å². The van der Waals surface area contributed by atoms with Crippen LogP contribution in [0.15, 0.2) is 18.2 Å². The van der Waals surface area contributed by atoms with Crippen molar-refractivity contribution in [2.75, 3.05) is 26.9 Å². The first-order valence-corrected chi connectivity index (χ1v) is 6.77. The average Bonchev–Trinajstić information content (AvgIpc) is 3.19. The first kappa shape index (κ1) is 13.4. The zero-order valence-corrected chi connectivity index (χ0v) is 11.2. The molecule has 0 spiro atoms. The Bertz CT molecular complexity index is 375. The van der Waals surface area contributed by atoms with Crippen LogP contribution < -0.4 is 10.5 Å². The summed E-state index contributed by atoms with van der Waals surface area (Å²) in [6.07, 6.45) is 4.53. The van der Waals surface area contributed by atoms with Crippen LogP contribution in [0.2, 0.25) is 0 Å². The molecule has 0 aromatic heterocycles. The van der Waals surface area contributed by atoms with Crippen molar-refractivity contribution in [3.63, 3.8) is 0 Å². The minimum atomic E-state index is 0.651. The molecule has 2 rings (SSSR count). The molecule has 0 bridgehead atoms. The first-order chi connectivity index (χ1) is 8.83. The molecule has 1 aromatic carbocycles. The fraction of sp³-hybridized carbons (Fsp3) is 0.600. The Kier molecular flexibility index (Phi) is 5.02. The second kappa shape index (κ2) is 6.76. The molecule has 1 saturated carbocycles. The Balaban J connectivity index is 1.84. The SMILES string of the molecule is COc1ccc(CCOCC2CC2)cc1CCN. The minimum Gasteiger partial charge on any atom is -0.496 e. The first-order valence-electron chi connectivity index (χ1n) is 6.77. The molecule has 2 N–H and O–H groups in total. The molecule has 100 valence electrons. The Morgan fingerprint density at radius 3 is 2.78 bits per heavy atom. The van der Waals surface area contributed by atoms with Crippen LogP contribution >= 0.6 is 0 Å². The van der Waals surface area contributed by atoms with E-state index in [2.05, 4.69) is 12.1 Å². The number of nitrogens with two attached hydrogens (primary N) is 1. The van der Waals surface area contributed by atoms with Gasteiger partial charge in [-0.3, -0.25) is 0 Å². The van der Waals surface area contributed by atoms with Gasteiger partial charge < -0.3 is 15.2 Å². The quantitative estimate of drug-likeness (QED) is 0.718. The van der Waals surface area contributed by atoms with E-state index in [1.807, 2.05) is 6.07 Å². The number of hydrogen-bond acceptors (Lipinski definition) is 3. The van der Waals surface area contributed by atoms with Gasteiger partial charge in [0.2, 0.25) is 0 Å². The van der Waals surface area contributed by atoms with Gasteiger partial charge in [-0.1, -0.05) is 12.1 Å². The summed E-state index contributed by atoms with van der Waals surface area (Å²) in [6, 6.07) is 6.33. The van der Waals surface area contributed by atoms with Gasteiger partial charge in [-0.25, -0.2) is 0 Å². The maximum Gasteiger partial charge on any atom is 0.122 e. The highest BCUT2D eigenvalue weighted by Gasteiger charge is 2.20. The van der Waals surface area contributed by atoms with Gasteiger partial charge in [-0.2, -0.15) is 0 Å². The molecule has 0 saturated heterocycles. The van der Waals surface area contributed by atoms with Crippen LogP contribution in [0.3, 0.4) is 0 Å². The molecule has 0 atom stereocenters. The summed E-state index contributed by atoms with van der Waals surface area (Å²) in [7, 11) is 1.70. The number of rotatable bonds is 8. The van der Waals surface area contributed by atoms with Gasteiger partial charge in [0.15, 0.2) is 0 Å². The topological polar surface area (TPSA) is 44.5 Å². The fourth-order valence-electron chi connectivity index (χ4n) is 2.06. The molecule has 1 aromatic rings. The normalized spacial score (nSPS) is 14.8. The van der Waals surface area contributed by atoms with Gasteiger partial charge in [0.1, 0.15) is 5.75 Å². The smallest absolute Gasteiger partial charge is 0.122 e. The molecule has 1 aliphatic carbocycles. The average molecular weight is 249 g/mol. The molecule has 3 heteroatoms. The van der Waals surface area contributed by atoms with Crippen LogP contribution in [0.5, 0.6) is 5.75 Å². The van der Waals surface area contributed by atoms with Crippen molar-refractivity contribution in [2.45, 2.75) is 25.7 Å². The van der Waals surface area contributed by atoms with Crippen LogP contribution in [0.4, 0.5) is 0 Å². The molecule has 0 radical (unpaired) electrons. The molecule has 1 aliphatic rings. The van der Waals surface area contributed by atoms with E-state index in [4.69, 9.17) is 15.2 Å². The molecule has 0 heterocycles. The Labute approximate surface area is 109 Å². The summed E-state index contributed by atoms with van der Waals surface area (Å²) in [5.74, 6) is 1.77. The largest absolute Gasteiger partial charge is 0.496 e. The van der Waals surface area contributed by atoms with Crippen molar-refractivity contribution < 1.29 is 9.47 Å². The fourth-order valence-corrected chi connectivity index (χ4v) is 2.06. The van der Waals surface area contributed by atoms with Crippen LogP contribution in [-0.4, -0.2) is 26.9 Å². The molecule has 0 amide bonds. The van der Waals surface area contributed by atoms with E-state index in [9.17, 15) is 0 Å². The lowest BCUT2D eigenvalue weighted by atomic mass is 10.0. The standard InChI is InChI=1S/C15H23NO2/c1-17-15-5-4-12(10-14(15)6-8-16)7-9-18-11-13-2-3-13/h4-5,10,13H,2-3,6-9,11,16H2,1H3. The van der Waals surface area contributed by atoms with Crippen LogP contribution in [-0.2, 0) is 17.6 Å². The molecule has 1 fully saturated rings. The molecule has 0 unspecified atom stereocenters. The van der Waals surface area contributed by atoms with Crippen molar-refractivity contribution >= 4 is 0 Å². The van der Waals surface area contributed by atoms with Crippen molar-refractivity contribution in [1.29, 1.82) is 0 Å². The zero-order chi connectivity index (χ0) is 12.8. The lowest BCUT2D eigenvalue weighted by molar-refractivity contribution is 0.127. The van der Waals surface area contributed by atoms with Crippen molar-refractivity contribution in [1.82, 2.24) is 0 Å². The predicted molar refractivity (Wildman–Crippen MR) is 73.0 cm³/mol. The molecule has 18 heavy (non-hydrogen) atoms. The number of hydrogen-bond donors (Lipinski definition) is 1. The lowest BCUT2D eigenvalue weighted by Gasteiger charge is -2.10. The second-order valence-corrected chi connectivity index (χ2v) is 4.95. The molecular formula is C15H23NO2. The van der Waals surface area contributed by atoms with Gasteiger partial charge >= 0.3 is 0 Å². The maximum absolute atomic E-state index is 5.66. The zero-order valence-electron chi connectivity index (χ0n) is 11.2. The van der Waals surface area contributed by atoms with Crippen molar-refractivity contribution in [3.8, 4) is 5.75 Å². The number of methoxy groups -OCH3 is 1. The molecular weight excluding hydrogens is 226 g/mol. The van der Waals surface area contributed by atoms with Crippen molar-refractivity contribution in [2.24, 2.45) is 11.7 Å². The van der Waals surface area contributed by atoms with E-state index in [1.54, 1.807) is 7.11 Å². The third-order valence-electron chi connectivity index (χ3n) is 3.34. The van der Waals surface area contributed by atoms with Crippen LogP contribution in [0, 0.1) is 5.92 Å². The molecule has 3 nitrogen and oxygen atoms in total. The highest BCUT2D eigenvalue weighted by Crippen LogP contribution is 2.28. The third kappa shape index (κ3) is 4.00. The van der Waals surface area contributed by atoms with E-state index in [1.165, 1.54) is 24.0 Å². The monoisotopic (exact) mass is 249 g/mol. The number of benzene rings is 1. The predicted octanol–water partition coefficient (Wildman–Crippen LogP) is 2.17. The van der Waals surface area contributed by atoms with Gasteiger partial charge in [0, 0.05) is 6.61 Å². The van der Waals surface area contributed by atoms with Gasteiger partial charge in [-0.15, -0.1) is 0 Å². The summed E-state index contributed by atoms with van der Waals surface area (Å²) in [4.78, 5) is 0. The summed E-state index contributed by atoms with van der Waals surface area (Å²) < 4.78 is 11.0. The van der Waals surface area contributed by atoms with Gasteiger partial charge in [0.05, 0.1) is 13.7 Å². The number of ether oxygens (including phenoxy) is 2. The summed E-state index contributed by atoms with van der Waals surface area (Å²) >= 11 is 0. The minimum absolute atomic E-state index is 0.651. The highest BCUT2D eigenvalue weighted by molar-refractivity contribution is 5.37. The maximum atomic E-state index is 5.66. The summed E-state index contributed by atoms with van der Waals surface area (Å²) in [5.41, 5.74) is 8.11. The van der Waals surface area contributed by atoms with E-state index in [-0.39, 0.29) is 0 Å². The lowest BCUT2D eigenvalue weighted by Crippen LogP contribution is -2.06. The van der Waals surface area contributed by atoms with E-state index in [0.29, 0.717) is 6.54 Å². The van der Waals surface area contributed by atoms with E-state index < -0.39 is 0 Å². The molecule has 0 aliphatic heterocycles. The highest BCUT2D eigenvalue weighted by atomic mass is 16.5. The Morgan fingerprint density at radius 1 is 1.28 bits per heavy atom. The third-order valence-corrected chi connectivity index (χ3v) is 3.34. The summed E-state index contributed by atoms with van der Waals surface area (Å²) in [6.45, 7) is 2.40. The van der Waals surface area contributed by atoms with Crippen LogP contribution in [0.1, 0.15) is 24.0 Å².